The second-order valence-corrected chi connectivity index (χ2v) is 8.20. The first-order valence-corrected chi connectivity index (χ1v) is 9.33. The second-order valence-electron chi connectivity index (χ2n) is 4.84. The molecular formula is C11H19NO4S2. The van der Waals surface area contributed by atoms with Gasteiger partial charge in [0.1, 0.15) is 11.5 Å². The summed E-state index contributed by atoms with van der Waals surface area (Å²) in [5.41, 5.74) is 0. The molecule has 7 heteroatoms. The minimum atomic E-state index is -3.25. The van der Waals surface area contributed by atoms with E-state index in [9.17, 15) is 13.2 Å². The van der Waals surface area contributed by atoms with E-state index in [0.717, 1.165) is 31.4 Å². The molecule has 5 nitrogen and oxygen atoms in total. The van der Waals surface area contributed by atoms with Crippen LogP contribution in [0.3, 0.4) is 0 Å². The van der Waals surface area contributed by atoms with Gasteiger partial charge in [0.05, 0.1) is 0 Å². The van der Waals surface area contributed by atoms with Crippen LogP contribution in [0.5, 0.6) is 0 Å². The lowest BCUT2D eigenvalue weighted by Crippen LogP contribution is -2.50. The Bertz CT molecular complexity index is 403. The van der Waals surface area contributed by atoms with Gasteiger partial charge in [0.2, 0.25) is 0 Å². The number of hydrogen-bond donors (Lipinski definition) is 0. The van der Waals surface area contributed by atoms with Gasteiger partial charge in [0.25, 0.3) is 0 Å². The van der Waals surface area contributed by atoms with E-state index < -0.39 is 21.3 Å². The second kappa shape index (κ2) is 5.69. The molecule has 0 spiro atoms. The predicted molar refractivity (Wildman–Crippen MR) is 71.4 cm³/mol. The maximum absolute atomic E-state index is 12.0. The van der Waals surface area contributed by atoms with Gasteiger partial charge in [-0.2, -0.15) is 11.8 Å². The summed E-state index contributed by atoms with van der Waals surface area (Å²) in [6, 6.07) is 0. The van der Waals surface area contributed by atoms with E-state index in [1.165, 1.54) is 11.2 Å². The topological polar surface area (TPSA) is 63.7 Å². The van der Waals surface area contributed by atoms with Crippen LogP contribution in [0, 0.1) is 0 Å². The van der Waals surface area contributed by atoms with Crippen molar-refractivity contribution in [1.82, 2.24) is 4.90 Å². The molecule has 1 aliphatic carbocycles. The highest BCUT2D eigenvalue weighted by Crippen LogP contribution is 2.25. The largest absolute Gasteiger partial charge is 0.446 e. The Labute approximate surface area is 112 Å². The summed E-state index contributed by atoms with van der Waals surface area (Å²) in [5.74, 6) is 1.21. The zero-order chi connectivity index (χ0) is 13.2. The standard InChI is InChI=1S/C11H19NO4S2/c1-18(14,15)10-8-17-7-6-12(10)11(13)16-9-4-2-3-5-9/h9-10H,2-8H2,1H3. The van der Waals surface area contributed by atoms with Crippen LogP contribution < -0.4 is 0 Å². The van der Waals surface area contributed by atoms with Crippen LogP contribution in [-0.2, 0) is 14.6 Å². The minimum absolute atomic E-state index is 0.0210. The highest BCUT2D eigenvalue weighted by molar-refractivity contribution is 8.00. The third-order valence-corrected chi connectivity index (χ3v) is 6.03. The van der Waals surface area contributed by atoms with E-state index in [4.69, 9.17) is 4.74 Å². The van der Waals surface area contributed by atoms with Gasteiger partial charge in [-0.1, -0.05) is 0 Å². The summed E-state index contributed by atoms with van der Waals surface area (Å²) in [4.78, 5) is 13.4. The fourth-order valence-corrected chi connectivity index (χ4v) is 5.17. The van der Waals surface area contributed by atoms with Gasteiger partial charge in [-0.15, -0.1) is 0 Å². The van der Waals surface area contributed by atoms with Gasteiger partial charge >= 0.3 is 6.09 Å². The maximum Gasteiger partial charge on any atom is 0.411 e. The summed E-state index contributed by atoms with van der Waals surface area (Å²) >= 11 is 1.57. The molecule has 1 amide bonds. The number of carbonyl (C=O) groups is 1. The van der Waals surface area contributed by atoms with E-state index in [2.05, 4.69) is 0 Å². The van der Waals surface area contributed by atoms with Crippen molar-refractivity contribution in [2.75, 3.05) is 24.3 Å². The molecule has 1 atom stereocenters. The van der Waals surface area contributed by atoms with E-state index in [-0.39, 0.29) is 6.10 Å². The van der Waals surface area contributed by atoms with E-state index >= 15 is 0 Å². The molecule has 0 bridgehead atoms. The fourth-order valence-electron chi connectivity index (χ4n) is 2.36. The lowest BCUT2D eigenvalue weighted by atomic mass is 10.3. The zero-order valence-corrected chi connectivity index (χ0v) is 12.1. The number of ether oxygens (including phenoxy) is 1. The fraction of sp³-hybridized carbons (Fsp3) is 0.909. The molecule has 2 aliphatic rings. The minimum Gasteiger partial charge on any atom is -0.446 e. The van der Waals surface area contributed by atoms with Crippen LogP contribution >= 0.6 is 11.8 Å². The summed E-state index contributed by atoms with van der Waals surface area (Å²) in [7, 11) is -3.25. The van der Waals surface area contributed by atoms with Gasteiger partial charge in [-0.05, 0) is 25.7 Å². The number of hydrogen-bond acceptors (Lipinski definition) is 5. The zero-order valence-electron chi connectivity index (χ0n) is 10.5. The molecule has 104 valence electrons. The quantitative estimate of drug-likeness (QED) is 0.772. The first-order valence-electron chi connectivity index (χ1n) is 6.22. The van der Waals surface area contributed by atoms with Crippen LogP contribution in [-0.4, -0.2) is 55.2 Å². The van der Waals surface area contributed by atoms with E-state index in [0.29, 0.717) is 12.3 Å². The molecule has 1 unspecified atom stereocenters. The number of sulfone groups is 1. The van der Waals surface area contributed by atoms with Gasteiger partial charge in [-0.25, -0.2) is 13.2 Å². The number of thioether (sulfide) groups is 1. The molecule has 0 aromatic carbocycles. The van der Waals surface area contributed by atoms with Crippen LogP contribution in [0.25, 0.3) is 0 Å². The Morgan fingerprint density at radius 2 is 2.00 bits per heavy atom. The maximum atomic E-state index is 12.0. The molecule has 0 N–H and O–H groups in total. The highest BCUT2D eigenvalue weighted by Gasteiger charge is 2.36. The monoisotopic (exact) mass is 293 g/mol. The Morgan fingerprint density at radius 3 is 2.61 bits per heavy atom. The molecule has 0 aromatic rings. The summed E-state index contributed by atoms with van der Waals surface area (Å²) in [6.07, 6.45) is 4.67. The molecule has 1 saturated heterocycles. The molecular weight excluding hydrogens is 274 g/mol. The van der Waals surface area contributed by atoms with E-state index in [1.807, 2.05) is 0 Å². The van der Waals surface area contributed by atoms with Crippen molar-refractivity contribution in [2.45, 2.75) is 37.2 Å². The Balaban J connectivity index is 2.01. The molecule has 1 heterocycles. The average molecular weight is 293 g/mol. The third kappa shape index (κ3) is 3.32. The van der Waals surface area contributed by atoms with Crippen LogP contribution in [0.1, 0.15) is 25.7 Å². The molecule has 2 rings (SSSR count). The Hall–Kier alpha value is -0.430. The lowest BCUT2D eigenvalue weighted by Gasteiger charge is -2.33. The number of amides is 1. The molecule has 0 aromatic heterocycles. The van der Waals surface area contributed by atoms with Crippen molar-refractivity contribution in [2.24, 2.45) is 0 Å². The van der Waals surface area contributed by atoms with Gasteiger partial charge in [0, 0.05) is 24.3 Å². The Morgan fingerprint density at radius 1 is 1.33 bits per heavy atom. The third-order valence-electron chi connectivity index (χ3n) is 3.38. The Kier molecular flexibility index (Phi) is 4.42. The number of nitrogens with zero attached hydrogens (tertiary/aromatic N) is 1. The first-order chi connectivity index (χ1) is 8.48. The van der Waals surface area contributed by atoms with Crippen molar-refractivity contribution >= 4 is 27.7 Å². The molecule has 18 heavy (non-hydrogen) atoms. The van der Waals surface area contributed by atoms with Crippen LogP contribution in [0.2, 0.25) is 0 Å². The van der Waals surface area contributed by atoms with Crippen molar-refractivity contribution in [3.63, 3.8) is 0 Å². The number of carbonyl (C=O) groups excluding carboxylic acids is 1. The molecule has 0 radical (unpaired) electrons. The molecule has 2 fully saturated rings. The highest BCUT2D eigenvalue weighted by atomic mass is 32.2. The van der Waals surface area contributed by atoms with Gasteiger partial charge in [-0.3, -0.25) is 4.90 Å². The smallest absolute Gasteiger partial charge is 0.411 e. The van der Waals surface area contributed by atoms with Crippen LogP contribution in [0.4, 0.5) is 4.79 Å². The molecule has 1 aliphatic heterocycles. The summed E-state index contributed by atoms with van der Waals surface area (Å²) in [6.45, 7) is 0.452. The summed E-state index contributed by atoms with van der Waals surface area (Å²) in [5, 5.41) is -0.731. The van der Waals surface area contributed by atoms with Crippen molar-refractivity contribution in [1.29, 1.82) is 0 Å². The van der Waals surface area contributed by atoms with Gasteiger partial charge < -0.3 is 4.74 Å². The van der Waals surface area contributed by atoms with Crippen molar-refractivity contribution in [3.8, 4) is 0 Å². The van der Waals surface area contributed by atoms with Crippen molar-refractivity contribution in [3.05, 3.63) is 0 Å². The lowest BCUT2D eigenvalue weighted by molar-refractivity contribution is 0.0643. The van der Waals surface area contributed by atoms with Gasteiger partial charge in [0.15, 0.2) is 9.84 Å². The number of rotatable bonds is 2. The summed E-state index contributed by atoms with van der Waals surface area (Å²) < 4.78 is 28.7. The first kappa shape index (κ1) is 14.0. The van der Waals surface area contributed by atoms with Crippen LogP contribution in [0.15, 0.2) is 0 Å². The van der Waals surface area contributed by atoms with E-state index in [1.54, 1.807) is 11.8 Å². The van der Waals surface area contributed by atoms with Crippen molar-refractivity contribution < 1.29 is 17.9 Å². The molecule has 1 saturated carbocycles. The average Bonchev–Trinajstić information content (AvgIpc) is 2.80. The SMILES string of the molecule is CS(=O)(=O)C1CSCCN1C(=O)OC1CCCC1. The predicted octanol–water partition coefficient (Wildman–Crippen LogP) is 1.49. The normalized spacial score (nSPS) is 26.3.